The first-order valence-electron chi connectivity index (χ1n) is 5.26. The van der Waals surface area contributed by atoms with Crippen LogP contribution in [0.5, 0.6) is 0 Å². The summed E-state index contributed by atoms with van der Waals surface area (Å²) in [6.07, 6.45) is -3.71. The van der Waals surface area contributed by atoms with Crippen molar-refractivity contribution in [2.45, 2.75) is 26.1 Å². The monoisotopic (exact) mass is 246 g/mol. The van der Waals surface area contributed by atoms with Crippen molar-refractivity contribution in [1.82, 2.24) is 14.9 Å². The molecule has 0 atom stereocenters. The molecule has 1 aromatic rings. The third kappa shape index (κ3) is 2.85. The van der Waals surface area contributed by atoms with Gasteiger partial charge in [-0.1, -0.05) is 0 Å². The fraction of sp³-hybridized carbons (Fsp3) is 0.600. The van der Waals surface area contributed by atoms with E-state index in [-0.39, 0.29) is 6.54 Å². The van der Waals surface area contributed by atoms with Gasteiger partial charge in [-0.3, -0.25) is 4.90 Å². The highest BCUT2D eigenvalue weighted by atomic mass is 19.4. The van der Waals surface area contributed by atoms with E-state index < -0.39 is 12.7 Å². The Hall–Kier alpha value is -1.37. The van der Waals surface area contributed by atoms with Crippen molar-refractivity contribution >= 4 is 5.82 Å². The van der Waals surface area contributed by atoms with E-state index in [1.54, 1.807) is 6.92 Å². The summed E-state index contributed by atoms with van der Waals surface area (Å²) in [6, 6.07) is 0. The molecule has 1 aliphatic heterocycles. The molecule has 0 fully saturated rings. The molecule has 2 heterocycles. The summed E-state index contributed by atoms with van der Waals surface area (Å²) in [5, 5.41) is 0. The van der Waals surface area contributed by atoms with Crippen LogP contribution in [0, 0.1) is 6.92 Å². The minimum Gasteiger partial charge on any atom is -0.383 e. The number of rotatable bonds is 1. The molecule has 94 valence electrons. The van der Waals surface area contributed by atoms with Crippen LogP contribution in [0.25, 0.3) is 0 Å². The molecule has 2 rings (SSSR count). The van der Waals surface area contributed by atoms with E-state index in [2.05, 4.69) is 9.97 Å². The Kier molecular flexibility index (Phi) is 2.94. The molecule has 0 aliphatic carbocycles. The number of hydrogen-bond acceptors (Lipinski definition) is 4. The summed E-state index contributed by atoms with van der Waals surface area (Å²) in [6.45, 7) is 1.29. The molecule has 0 spiro atoms. The van der Waals surface area contributed by atoms with Gasteiger partial charge in [0.25, 0.3) is 0 Å². The number of alkyl halides is 3. The number of halogens is 3. The Labute approximate surface area is 96.7 Å². The van der Waals surface area contributed by atoms with Crippen molar-refractivity contribution in [3.05, 3.63) is 17.1 Å². The van der Waals surface area contributed by atoms with Crippen LogP contribution in [0.4, 0.5) is 19.0 Å². The summed E-state index contributed by atoms with van der Waals surface area (Å²) in [7, 11) is 0. The predicted octanol–water partition coefficient (Wildman–Crippen LogP) is 1.29. The molecule has 4 nitrogen and oxygen atoms in total. The van der Waals surface area contributed by atoms with Crippen molar-refractivity contribution in [2.75, 3.05) is 18.8 Å². The number of hydrogen-bond donors (Lipinski definition) is 1. The zero-order valence-electron chi connectivity index (χ0n) is 9.38. The minimum absolute atomic E-state index is 0.183. The molecule has 0 aromatic carbocycles. The van der Waals surface area contributed by atoms with Gasteiger partial charge in [0.05, 0.1) is 12.2 Å². The Morgan fingerprint density at radius 1 is 1.35 bits per heavy atom. The molecule has 1 aliphatic rings. The van der Waals surface area contributed by atoms with Gasteiger partial charge < -0.3 is 5.73 Å². The van der Waals surface area contributed by atoms with Crippen LogP contribution in [-0.2, 0) is 13.0 Å². The van der Waals surface area contributed by atoms with Gasteiger partial charge in [0.1, 0.15) is 11.6 Å². The number of aryl methyl sites for hydroxylation is 1. The van der Waals surface area contributed by atoms with Crippen LogP contribution in [0.3, 0.4) is 0 Å². The number of nitrogen functional groups attached to an aromatic ring is 1. The third-order valence-corrected chi connectivity index (χ3v) is 2.69. The summed E-state index contributed by atoms with van der Waals surface area (Å²) in [5.41, 5.74) is 7.13. The van der Waals surface area contributed by atoms with E-state index in [0.717, 1.165) is 5.56 Å². The lowest BCUT2D eigenvalue weighted by molar-refractivity contribution is -0.147. The predicted molar refractivity (Wildman–Crippen MR) is 56.2 cm³/mol. The second kappa shape index (κ2) is 4.14. The zero-order valence-corrected chi connectivity index (χ0v) is 9.38. The SMILES string of the molecule is Cc1nc(N)c2c(n1)CN(CC(F)(F)F)CC2. The fourth-order valence-corrected chi connectivity index (χ4v) is 2.03. The maximum Gasteiger partial charge on any atom is 0.401 e. The Morgan fingerprint density at radius 2 is 2.06 bits per heavy atom. The van der Waals surface area contributed by atoms with Crippen LogP contribution in [-0.4, -0.2) is 34.1 Å². The van der Waals surface area contributed by atoms with E-state index in [1.165, 1.54) is 4.90 Å². The van der Waals surface area contributed by atoms with Crippen molar-refractivity contribution in [2.24, 2.45) is 0 Å². The molecule has 0 unspecified atom stereocenters. The van der Waals surface area contributed by atoms with Gasteiger partial charge in [-0.05, 0) is 13.3 Å². The smallest absolute Gasteiger partial charge is 0.383 e. The molecule has 2 N–H and O–H groups in total. The molecule has 17 heavy (non-hydrogen) atoms. The largest absolute Gasteiger partial charge is 0.401 e. The summed E-state index contributed by atoms with van der Waals surface area (Å²) < 4.78 is 36.8. The molecule has 0 saturated heterocycles. The van der Waals surface area contributed by atoms with Crippen LogP contribution in [0.1, 0.15) is 17.1 Å². The average Bonchev–Trinajstić information content (AvgIpc) is 2.13. The van der Waals surface area contributed by atoms with Gasteiger partial charge >= 0.3 is 6.18 Å². The maximum atomic E-state index is 12.3. The molecule has 0 saturated carbocycles. The van der Waals surface area contributed by atoms with E-state index >= 15 is 0 Å². The van der Waals surface area contributed by atoms with Gasteiger partial charge in [0.2, 0.25) is 0 Å². The van der Waals surface area contributed by atoms with Gasteiger partial charge in [-0.15, -0.1) is 0 Å². The minimum atomic E-state index is -4.18. The molecule has 0 radical (unpaired) electrons. The van der Waals surface area contributed by atoms with Crippen LogP contribution in [0.15, 0.2) is 0 Å². The molecule has 7 heteroatoms. The van der Waals surface area contributed by atoms with Crippen LogP contribution < -0.4 is 5.73 Å². The lowest BCUT2D eigenvalue weighted by atomic mass is 10.1. The number of nitrogens with zero attached hydrogens (tertiary/aromatic N) is 3. The Morgan fingerprint density at radius 3 is 2.71 bits per heavy atom. The van der Waals surface area contributed by atoms with Gasteiger partial charge in [-0.2, -0.15) is 13.2 Å². The van der Waals surface area contributed by atoms with Crippen molar-refractivity contribution in [3.8, 4) is 0 Å². The lowest BCUT2D eigenvalue weighted by Crippen LogP contribution is -2.38. The summed E-state index contributed by atoms with van der Waals surface area (Å²) in [5.74, 6) is 0.884. The summed E-state index contributed by atoms with van der Waals surface area (Å²) >= 11 is 0. The average molecular weight is 246 g/mol. The van der Waals surface area contributed by atoms with Crippen LogP contribution >= 0.6 is 0 Å². The van der Waals surface area contributed by atoms with Crippen LogP contribution in [0.2, 0.25) is 0 Å². The third-order valence-electron chi connectivity index (χ3n) is 2.69. The first kappa shape index (κ1) is 12.1. The highest BCUT2D eigenvalue weighted by Crippen LogP contribution is 2.24. The highest BCUT2D eigenvalue weighted by molar-refractivity contribution is 5.43. The second-order valence-electron chi connectivity index (χ2n) is 4.16. The highest BCUT2D eigenvalue weighted by Gasteiger charge is 2.32. The van der Waals surface area contributed by atoms with E-state index in [4.69, 9.17) is 5.73 Å². The molecular weight excluding hydrogens is 233 g/mol. The zero-order chi connectivity index (χ0) is 12.6. The number of fused-ring (bicyclic) bond motifs is 1. The quantitative estimate of drug-likeness (QED) is 0.811. The Bertz CT molecular complexity index is 430. The number of nitrogens with two attached hydrogens (primary N) is 1. The van der Waals surface area contributed by atoms with Crippen molar-refractivity contribution < 1.29 is 13.2 Å². The number of anilines is 1. The molecule has 0 bridgehead atoms. The first-order valence-corrected chi connectivity index (χ1v) is 5.26. The van der Waals surface area contributed by atoms with Gasteiger partial charge in [0.15, 0.2) is 0 Å². The summed E-state index contributed by atoms with van der Waals surface area (Å²) in [4.78, 5) is 9.49. The van der Waals surface area contributed by atoms with E-state index in [1.807, 2.05) is 0 Å². The van der Waals surface area contributed by atoms with Crippen molar-refractivity contribution in [1.29, 1.82) is 0 Å². The molecule has 0 amide bonds. The maximum absolute atomic E-state index is 12.3. The standard InChI is InChI=1S/C10H13F3N4/c1-6-15-8-4-17(5-10(11,12)13)3-2-7(8)9(14)16-6/h2-5H2,1H3,(H2,14,15,16). The Balaban J connectivity index is 2.19. The lowest BCUT2D eigenvalue weighted by Gasteiger charge is -2.29. The topological polar surface area (TPSA) is 55.0 Å². The molecular formula is C10H13F3N4. The van der Waals surface area contributed by atoms with Crippen molar-refractivity contribution in [3.63, 3.8) is 0 Å². The second-order valence-corrected chi connectivity index (χ2v) is 4.16. The van der Waals surface area contributed by atoms with Gasteiger partial charge in [-0.25, -0.2) is 9.97 Å². The normalized spacial score (nSPS) is 16.9. The van der Waals surface area contributed by atoms with Gasteiger partial charge in [0, 0.05) is 18.7 Å². The molecule has 1 aromatic heterocycles. The van der Waals surface area contributed by atoms with E-state index in [9.17, 15) is 13.2 Å². The number of aromatic nitrogens is 2. The first-order chi connectivity index (χ1) is 7.85. The van der Waals surface area contributed by atoms with E-state index in [0.29, 0.717) is 30.3 Å². The fourth-order valence-electron chi connectivity index (χ4n) is 2.03.